The Kier molecular flexibility index (Phi) is 3.23. The van der Waals surface area contributed by atoms with Crippen LogP contribution in [0.25, 0.3) is 0 Å². The van der Waals surface area contributed by atoms with Gasteiger partial charge in [-0.1, -0.05) is 0 Å². The second-order valence-electron chi connectivity index (χ2n) is 4.44. The lowest BCUT2D eigenvalue weighted by atomic mass is 9.99. The summed E-state index contributed by atoms with van der Waals surface area (Å²) in [6.07, 6.45) is -0.174. The lowest BCUT2D eigenvalue weighted by molar-refractivity contribution is -0.155. The SMILES string of the molecule is C[C@@H]1CNC[C@H](C(=O)N2CC(CN)C2)O1. The van der Waals surface area contributed by atoms with E-state index in [0.717, 1.165) is 19.6 Å². The molecule has 0 aromatic heterocycles. The fraction of sp³-hybridized carbons (Fsp3) is 0.900. The van der Waals surface area contributed by atoms with Gasteiger partial charge < -0.3 is 20.7 Å². The molecular weight excluding hydrogens is 194 g/mol. The molecular formula is C10H19N3O2. The summed E-state index contributed by atoms with van der Waals surface area (Å²) in [5.74, 6) is 0.599. The molecule has 2 heterocycles. The molecule has 2 atom stereocenters. The van der Waals surface area contributed by atoms with Crippen LogP contribution in [-0.4, -0.2) is 55.7 Å². The highest BCUT2D eigenvalue weighted by molar-refractivity contribution is 5.82. The van der Waals surface area contributed by atoms with Crippen LogP contribution in [0.5, 0.6) is 0 Å². The molecule has 2 aliphatic heterocycles. The zero-order valence-electron chi connectivity index (χ0n) is 9.11. The van der Waals surface area contributed by atoms with Crippen LogP contribution >= 0.6 is 0 Å². The Morgan fingerprint density at radius 1 is 1.53 bits per heavy atom. The number of hydrogen-bond donors (Lipinski definition) is 2. The number of nitrogens with zero attached hydrogens (tertiary/aromatic N) is 1. The largest absolute Gasteiger partial charge is 0.363 e. The predicted octanol–water partition coefficient (Wildman–Crippen LogP) is -1.22. The van der Waals surface area contributed by atoms with E-state index in [-0.39, 0.29) is 18.1 Å². The Hall–Kier alpha value is -0.650. The summed E-state index contributed by atoms with van der Waals surface area (Å²) in [4.78, 5) is 13.7. The summed E-state index contributed by atoms with van der Waals surface area (Å²) in [5.41, 5.74) is 5.52. The number of nitrogens with two attached hydrogens (primary N) is 1. The first kappa shape index (κ1) is 10.9. The summed E-state index contributed by atoms with van der Waals surface area (Å²) in [6, 6.07) is 0. The zero-order valence-corrected chi connectivity index (χ0v) is 9.11. The molecule has 2 rings (SSSR count). The number of carbonyl (C=O) groups is 1. The minimum Gasteiger partial charge on any atom is -0.363 e. The van der Waals surface area contributed by atoms with Crippen molar-refractivity contribution in [2.24, 2.45) is 11.7 Å². The van der Waals surface area contributed by atoms with Crippen molar-refractivity contribution < 1.29 is 9.53 Å². The van der Waals surface area contributed by atoms with E-state index in [1.54, 1.807) is 0 Å². The van der Waals surface area contributed by atoms with Gasteiger partial charge in [0.15, 0.2) is 0 Å². The maximum Gasteiger partial charge on any atom is 0.253 e. The number of likely N-dealkylation sites (tertiary alicyclic amines) is 1. The summed E-state index contributed by atoms with van der Waals surface area (Å²) < 4.78 is 5.59. The van der Waals surface area contributed by atoms with Gasteiger partial charge in [-0.2, -0.15) is 0 Å². The summed E-state index contributed by atoms with van der Waals surface area (Å²) in [7, 11) is 0. The number of ether oxygens (including phenoxy) is 1. The number of carbonyl (C=O) groups excluding carboxylic acids is 1. The van der Waals surface area contributed by atoms with Gasteiger partial charge in [-0.05, 0) is 13.5 Å². The van der Waals surface area contributed by atoms with Crippen molar-refractivity contribution in [1.82, 2.24) is 10.2 Å². The van der Waals surface area contributed by atoms with Gasteiger partial charge in [0.2, 0.25) is 0 Å². The van der Waals surface area contributed by atoms with Gasteiger partial charge in [0.05, 0.1) is 6.10 Å². The van der Waals surface area contributed by atoms with Crippen molar-refractivity contribution in [3.63, 3.8) is 0 Å². The number of morpholine rings is 1. The van der Waals surface area contributed by atoms with E-state index in [9.17, 15) is 4.79 Å². The highest BCUT2D eigenvalue weighted by atomic mass is 16.5. The summed E-state index contributed by atoms with van der Waals surface area (Å²) in [6.45, 7) is 5.70. The van der Waals surface area contributed by atoms with Crippen LogP contribution < -0.4 is 11.1 Å². The van der Waals surface area contributed by atoms with E-state index >= 15 is 0 Å². The molecule has 5 nitrogen and oxygen atoms in total. The second-order valence-corrected chi connectivity index (χ2v) is 4.44. The first-order valence-electron chi connectivity index (χ1n) is 5.55. The van der Waals surface area contributed by atoms with Gasteiger partial charge in [-0.25, -0.2) is 0 Å². The molecule has 0 aliphatic carbocycles. The van der Waals surface area contributed by atoms with Crippen molar-refractivity contribution in [2.45, 2.75) is 19.1 Å². The lowest BCUT2D eigenvalue weighted by Gasteiger charge is -2.41. The van der Waals surface area contributed by atoms with E-state index in [2.05, 4.69) is 5.32 Å². The van der Waals surface area contributed by atoms with Crippen LogP contribution in [-0.2, 0) is 9.53 Å². The minimum atomic E-state index is -0.299. The maximum atomic E-state index is 11.9. The van der Waals surface area contributed by atoms with Crippen molar-refractivity contribution in [3.05, 3.63) is 0 Å². The highest BCUT2D eigenvalue weighted by Gasteiger charge is 2.35. The molecule has 2 saturated heterocycles. The van der Waals surface area contributed by atoms with Crippen molar-refractivity contribution in [3.8, 4) is 0 Å². The average Bonchev–Trinajstić information content (AvgIpc) is 2.16. The maximum absolute atomic E-state index is 11.9. The molecule has 1 amide bonds. The highest BCUT2D eigenvalue weighted by Crippen LogP contribution is 2.17. The first-order valence-corrected chi connectivity index (χ1v) is 5.55. The van der Waals surface area contributed by atoms with Gasteiger partial charge in [0, 0.05) is 32.1 Å². The van der Waals surface area contributed by atoms with E-state index in [1.807, 2.05) is 11.8 Å². The smallest absolute Gasteiger partial charge is 0.253 e. The van der Waals surface area contributed by atoms with E-state index < -0.39 is 0 Å². The van der Waals surface area contributed by atoms with Crippen LogP contribution in [0.4, 0.5) is 0 Å². The third-order valence-electron chi connectivity index (χ3n) is 3.04. The molecule has 0 spiro atoms. The minimum absolute atomic E-state index is 0.110. The monoisotopic (exact) mass is 213 g/mol. The number of nitrogens with one attached hydrogen (secondary N) is 1. The molecule has 5 heteroatoms. The number of hydrogen-bond acceptors (Lipinski definition) is 4. The van der Waals surface area contributed by atoms with Crippen LogP contribution in [0, 0.1) is 5.92 Å². The summed E-state index contributed by atoms with van der Waals surface area (Å²) in [5, 5.41) is 3.20. The third kappa shape index (κ3) is 2.30. The van der Waals surface area contributed by atoms with Gasteiger partial charge in [-0.15, -0.1) is 0 Å². The van der Waals surface area contributed by atoms with Crippen molar-refractivity contribution >= 4 is 5.91 Å². The Morgan fingerprint density at radius 3 is 2.87 bits per heavy atom. The molecule has 0 bridgehead atoms. The molecule has 0 aromatic carbocycles. The zero-order chi connectivity index (χ0) is 10.8. The molecule has 0 unspecified atom stereocenters. The van der Waals surface area contributed by atoms with Crippen LogP contribution in [0.15, 0.2) is 0 Å². The number of rotatable bonds is 2. The topological polar surface area (TPSA) is 67.6 Å². The Morgan fingerprint density at radius 2 is 2.27 bits per heavy atom. The van der Waals surface area contributed by atoms with Crippen molar-refractivity contribution in [2.75, 3.05) is 32.7 Å². The van der Waals surface area contributed by atoms with E-state index in [4.69, 9.17) is 10.5 Å². The van der Waals surface area contributed by atoms with Crippen LogP contribution in [0.1, 0.15) is 6.92 Å². The molecule has 0 aromatic rings. The van der Waals surface area contributed by atoms with Gasteiger partial charge in [0.25, 0.3) is 5.91 Å². The third-order valence-corrected chi connectivity index (χ3v) is 3.04. The van der Waals surface area contributed by atoms with Crippen LogP contribution in [0.3, 0.4) is 0 Å². The van der Waals surface area contributed by atoms with E-state index in [0.29, 0.717) is 19.0 Å². The lowest BCUT2D eigenvalue weighted by Crippen LogP contribution is -2.59. The van der Waals surface area contributed by atoms with Gasteiger partial charge in [0.1, 0.15) is 6.10 Å². The standard InChI is InChI=1S/C10H19N3O2/c1-7-3-12-4-9(15-7)10(14)13-5-8(2-11)6-13/h7-9,12H,2-6,11H2,1H3/t7-,9-/m1/s1. The average molecular weight is 213 g/mol. The van der Waals surface area contributed by atoms with Gasteiger partial charge in [-0.3, -0.25) is 4.79 Å². The fourth-order valence-corrected chi connectivity index (χ4v) is 2.04. The Labute approximate surface area is 89.9 Å². The Bertz CT molecular complexity index is 241. The Balaban J connectivity index is 1.81. The van der Waals surface area contributed by atoms with E-state index in [1.165, 1.54) is 0 Å². The fourth-order valence-electron chi connectivity index (χ4n) is 2.04. The van der Waals surface area contributed by atoms with Crippen molar-refractivity contribution in [1.29, 1.82) is 0 Å². The molecule has 0 saturated carbocycles. The second kappa shape index (κ2) is 4.47. The van der Waals surface area contributed by atoms with Crippen LogP contribution in [0.2, 0.25) is 0 Å². The molecule has 0 radical (unpaired) electrons. The molecule has 2 fully saturated rings. The normalized spacial score (nSPS) is 32.5. The predicted molar refractivity (Wildman–Crippen MR) is 56.3 cm³/mol. The number of amides is 1. The first-order chi connectivity index (χ1) is 7.20. The van der Waals surface area contributed by atoms with Gasteiger partial charge >= 0.3 is 0 Å². The molecule has 15 heavy (non-hydrogen) atoms. The quantitative estimate of drug-likeness (QED) is 0.603. The molecule has 86 valence electrons. The molecule has 2 aliphatic rings. The summed E-state index contributed by atoms with van der Waals surface area (Å²) >= 11 is 0. The molecule has 3 N–H and O–H groups in total.